The lowest BCUT2D eigenvalue weighted by Gasteiger charge is -2.32. The average molecular weight is 435 g/mol. The lowest BCUT2D eigenvalue weighted by atomic mass is 10.0. The molecule has 6 nitrogen and oxygen atoms in total. The Morgan fingerprint density at radius 3 is 2.48 bits per heavy atom. The predicted octanol–water partition coefficient (Wildman–Crippen LogP) is 3.40. The van der Waals surface area contributed by atoms with Gasteiger partial charge in [-0.2, -0.15) is 0 Å². The molecule has 2 amide bonds. The summed E-state index contributed by atoms with van der Waals surface area (Å²) in [6.45, 7) is 3.85. The van der Waals surface area contributed by atoms with Crippen LogP contribution in [0.3, 0.4) is 0 Å². The number of carbonyl (C=O) groups is 2. The molecule has 0 spiro atoms. The molecule has 1 aromatic carbocycles. The highest BCUT2D eigenvalue weighted by molar-refractivity contribution is 9.10. The van der Waals surface area contributed by atoms with Crippen LogP contribution in [0.4, 0.5) is 0 Å². The molecule has 1 N–H and O–H groups in total. The fourth-order valence-electron chi connectivity index (χ4n) is 3.12. The second-order valence-electron chi connectivity index (χ2n) is 6.49. The maximum absolute atomic E-state index is 12.5. The van der Waals surface area contributed by atoms with Crippen LogP contribution in [0.2, 0.25) is 0 Å². The molecule has 144 valence electrons. The number of carbonyl (C=O) groups excluding carboxylic acids is 2. The average Bonchev–Trinajstić information content (AvgIpc) is 3.11. The zero-order chi connectivity index (χ0) is 19.2. The topological polar surface area (TPSA) is 71.8 Å². The van der Waals surface area contributed by atoms with Crippen molar-refractivity contribution in [3.05, 3.63) is 52.4 Å². The standard InChI is InChI=1S/C20H23BrN2O4/c1-2-26-16-5-3-14(4-6-16)13-19(24)23-11-9-15(10-12-23)22-20(25)17-7-8-18(21)27-17/h3-8,15H,2,9-13H2,1H3,(H,22,25). The first-order valence-electron chi connectivity index (χ1n) is 9.11. The normalized spacial score (nSPS) is 14.8. The molecule has 0 aliphatic carbocycles. The number of rotatable bonds is 6. The van der Waals surface area contributed by atoms with Crippen molar-refractivity contribution in [2.24, 2.45) is 0 Å². The quantitative estimate of drug-likeness (QED) is 0.755. The highest BCUT2D eigenvalue weighted by atomic mass is 79.9. The van der Waals surface area contributed by atoms with Crippen LogP contribution in [0.25, 0.3) is 0 Å². The molecule has 0 saturated carbocycles. The number of hydrogen-bond acceptors (Lipinski definition) is 4. The fourth-order valence-corrected chi connectivity index (χ4v) is 3.43. The highest BCUT2D eigenvalue weighted by Gasteiger charge is 2.25. The molecule has 7 heteroatoms. The number of nitrogens with one attached hydrogen (secondary N) is 1. The summed E-state index contributed by atoms with van der Waals surface area (Å²) < 4.78 is 11.2. The third-order valence-electron chi connectivity index (χ3n) is 4.57. The number of ether oxygens (including phenoxy) is 1. The van der Waals surface area contributed by atoms with Crippen LogP contribution in [0.1, 0.15) is 35.9 Å². The van der Waals surface area contributed by atoms with Gasteiger partial charge in [-0.25, -0.2) is 0 Å². The Morgan fingerprint density at radius 2 is 1.89 bits per heavy atom. The maximum atomic E-state index is 12.5. The van der Waals surface area contributed by atoms with Crippen molar-refractivity contribution in [3.8, 4) is 5.75 Å². The summed E-state index contributed by atoms with van der Waals surface area (Å²) in [6, 6.07) is 11.0. The molecule has 27 heavy (non-hydrogen) atoms. The zero-order valence-corrected chi connectivity index (χ0v) is 16.8. The summed E-state index contributed by atoms with van der Waals surface area (Å²) in [4.78, 5) is 26.5. The Labute approximate surface area is 167 Å². The van der Waals surface area contributed by atoms with Crippen LogP contribution in [-0.4, -0.2) is 42.5 Å². The highest BCUT2D eigenvalue weighted by Crippen LogP contribution is 2.17. The van der Waals surface area contributed by atoms with Crippen molar-refractivity contribution in [1.29, 1.82) is 0 Å². The Kier molecular flexibility index (Phi) is 6.55. The summed E-state index contributed by atoms with van der Waals surface area (Å²) in [5.41, 5.74) is 0.974. The van der Waals surface area contributed by atoms with Gasteiger partial charge in [0, 0.05) is 19.1 Å². The zero-order valence-electron chi connectivity index (χ0n) is 15.2. The monoisotopic (exact) mass is 434 g/mol. The lowest BCUT2D eigenvalue weighted by molar-refractivity contribution is -0.131. The first-order valence-corrected chi connectivity index (χ1v) is 9.90. The van der Waals surface area contributed by atoms with E-state index >= 15 is 0 Å². The molecule has 1 aromatic heterocycles. The maximum Gasteiger partial charge on any atom is 0.287 e. The molecule has 0 radical (unpaired) electrons. The van der Waals surface area contributed by atoms with E-state index in [0.29, 0.717) is 30.8 Å². The van der Waals surface area contributed by atoms with Gasteiger partial charge in [0.15, 0.2) is 10.4 Å². The third-order valence-corrected chi connectivity index (χ3v) is 5.00. The van der Waals surface area contributed by atoms with Crippen molar-refractivity contribution in [1.82, 2.24) is 10.2 Å². The number of hydrogen-bond donors (Lipinski definition) is 1. The lowest BCUT2D eigenvalue weighted by Crippen LogP contribution is -2.46. The minimum absolute atomic E-state index is 0.0518. The number of amides is 2. The number of likely N-dealkylation sites (tertiary alicyclic amines) is 1. The fraction of sp³-hybridized carbons (Fsp3) is 0.400. The van der Waals surface area contributed by atoms with Crippen molar-refractivity contribution in [2.45, 2.75) is 32.2 Å². The van der Waals surface area contributed by atoms with Gasteiger partial charge in [0.05, 0.1) is 13.0 Å². The van der Waals surface area contributed by atoms with E-state index in [0.717, 1.165) is 24.2 Å². The molecular formula is C20H23BrN2O4. The molecule has 2 aromatic rings. The van der Waals surface area contributed by atoms with E-state index in [2.05, 4.69) is 21.2 Å². The Hall–Kier alpha value is -2.28. The van der Waals surface area contributed by atoms with Crippen LogP contribution >= 0.6 is 15.9 Å². The summed E-state index contributed by atoms with van der Waals surface area (Å²) in [5, 5.41) is 2.97. The largest absolute Gasteiger partial charge is 0.494 e. The molecule has 0 unspecified atom stereocenters. The summed E-state index contributed by atoms with van der Waals surface area (Å²) in [7, 11) is 0. The third kappa shape index (κ3) is 5.35. The number of nitrogens with zero attached hydrogens (tertiary/aromatic N) is 1. The summed E-state index contributed by atoms with van der Waals surface area (Å²) in [5.74, 6) is 0.989. The molecule has 1 aliphatic heterocycles. The second kappa shape index (κ2) is 9.08. The van der Waals surface area contributed by atoms with Crippen molar-refractivity contribution in [3.63, 3.8) is 0 Å². The second-order valence-corrected chi connectivity index (χ2v) is 7.27. The molecule has 0 atom stereocenters. The van der Waals surface area contributed by atoms with Crippen LogP contribution in [0, 0.1) is 0 Å². The van der Waals surface area contributed by atoms with Gasteiger partial charge in [-0.3, -0.25) is 9.59 Å². The minimum Gasteiger partial charge on any atom is -0.494 e. The van der Waals surface area contributed by atoms with Crippen molar-refractivity contribution >= 4 is 27.7 Å². The smallest absolute Gasteiger partial charge is 0.287 e. The molecular weight excluding hydrogens is 412 g/mol. The van der Waals surface area contributed by atoms with E-state index in [-0.39, 0.29) is 23.6 Å². The predicted molar refractivity (Wildman–Crippen MR) is 105 cm³/mol. The molecule has 0 bridgehead atoms. The van der Waals surface area contributed by atoms with E-state index in [4.69, 9.17) is 9.15 Å². The van der Waals surface area contributed by atoms with E-state index in [1.807, 2.05) is 36.1 Å². The molecule has 3 rings (SSSR count). The van der Waals surface area contributed by atoms with Gasteiger partial charge in [-0.05, 0) is 65.5 Å². The van der Waals surface area contributed by atoms with E-state index < -0.39 is 0 Å². The number of piperidine rings is 1. The molecule has 1 aliphatic rings. The van der Waals surface area contributed by atoms with Crippen LogP contribution in [0.15, 0.2) is 45.5 Å². The Morgan fingerprint density at radius 1 is 1.19 bits per heavy atom. The van der Waals surface area contributed by atoms with Gasteiger partial charge in [0.2, 0.25) is 5.91 Å². The number of furan rings is 1. The van der Waals surface area contributed by atoms with Gasteiger partial charge in [0.25, 0.3) is 5.91 Å². The number of halogens is 1. The van der Waals surface area contributed by atoms with Crippen LogP contribution < -0.4 is 10.1 Å². The van der Waals surface area contributed by atoms with Crippen LogP contribution in [0.5, 0.6) is 5.75 Å². The van der Waals surface area contributed by atoms with Gasteiger partial charge >= 0.3 is 0 Å². The van der Waals surface area contributed by atoms with Gasteiger partial charge in [-0.15, -0.1) is 0 Å². The first-order chi connectivity index (χ1) is 13.0. The Balaban J connectivity index is 1.45. The van der Waals surface area contributed by atoms with Gasteiger partial charge in [0.1, 0.15) is 5.75 Å². The van der Waals surface area contributed by atoms with Gasteiger partial charge < -0.3 is 19.4 Å². The minimum atomic E-state index is -0.222. The molecule has 1 saturated heterocycles. The van der Waals surface area contributed by atoms with E-state index in [1.54, 1.807) is 12.1 Å². The van der Waals surface area contributed by atoms with Crippen LogP contribution in [-0.2, 0) is 11.2 Å². The van der Waals surface area contributed by atoms with Gasteiger partial charge in [-0.1, -0.05) is 12.1 Å². The first kappa shape index (κ1) is 19.5. The Bertz CT molecular complexity index is 780. The summed E-state index contributed by atoms with van der Waals surface area (Å²) >= 11 is 3.19. The molecule has 2 heterocycles. The van der Waals surface area contributed by atoms with Crippen molar-refractivity contribution in [2.75, 3.05) is 19.7 Å². The van der Waals surface area contributed by atoms with E-state index in [9.17, 15) is 9.59 Å². The van der Waals surface area contributed by atoms with Crippen molar-refractivity contribution < 1.29 is 18.7 Å². The SMILES string of the molecule is CCOc1ccc(CC(=O)N2CCC(NC(=O)c3ccc(Br)o3)CC2)cc1. The number of benzene rings is 1. The summed E-state index contributed by atoms with van der Waals surface area (Å²) in [6.07, 6.45) is 1.86. The molecule has 1 fully saturated rings. The van der Waals surface area contributed by atoms with E-state index in [1.165, 1.54) is 0 Å².